The van der Waals surface area contributed by atoms with Gasteiger partial charge in [0.25, 0.3) is 0 Å². The third-order valence-corrected chi connectivity index (χ3v) is 6.82. The number of hydrogen-bond acceptors (Lipinski definition) is 5. The van der Waals surface area contributed by atoms with Gasteiger partial charge in [0, 0.05) is 28.2 Å². The summed E-state index contributed by atoms with van der Waals surface area (Å²) in [7, 11) is 0. The highest BCUT2D eigenvalue weighted by atomic mass is 35.5. The van der Waals surface area contributed by atoms with Crippen LogP contribution in [0, 0.1) is 11.6 Å². The zero-order chi connectivity index (χ0) is 25.9. The summed E-state index contributed by atoms with van der Waals surface area (Å²) >= 11 is 9.12. The Kier molecular flexibility index (Phi) is 11.1. The Morgan fingerprint density at radius 3 is 2.47 bits per heavy atom. The lowest BCUT2D eigenvalue weighted by atomic mass is 10.0. The first-order valence-electron chi connectivity index (χ1n) is 11.6. The zero-order valence-corrected chi connectivity index (χ0v) is 22.8. The number of anilines is 1. The van der Waals surface area contributed by atoms with Crippen molar-refractivity contribution in [2.24, 2.45) is 10.1 Å². The van der Waals surface area contributed by atoms with Gasteiger partial charge in [-0.15, -0.1) is 0 Å². The Morgan fingerprint density at radius 1 is 1.08 bits per heavy atom. The van der Waals surface area contributed by atoms with Crippen LogP contribution in [0.2, 0.25) is 5.02 Å². The van der Waals surface area contributed by atoms with Gasteiger partial charge in [0.2, 0.25) is 0 Å². The van der Waals surface area contributed by atoms with Crippen LogP contribution in [0.25, 0.3) is 0 Å². The fourth-order valence-electron chi connectivity index (χ4n) is 3.52. The Bertz CT molecular complexity index is 1170. The van der Waals surface area contributed by atoms with Crippen LogP contribution < -0.4 is 9.73 Å². The zero-order valence-electron chi connectivity index (χ0n) is 20.4. The summed E-state index contributed by atoms with van der Waals surface area (Å²) in [6, 6.07) is 20.6. The molecule has 0 amide bonds. The lowest BCUT2D eigenvalue weighted by molar-refractivity contribution is 0.573. The van der Waals surface area contributed by atoms with Crippen molar-refractivity contribution < 1.29 is 8.78 Å². The molecule has 9 heteroatoms. The van der Waals surface area contributed by atoms with Gasteiger partial charge >= 0.3 is 0 Å². The highest BCUT2D eigenvalue weighted by molar-refractivity contribution is 7.98. The van der Waals surface area contributed by atoms with E-state index in [0.29, 0.717) is 29.5 Å². The monoisotopic (exact) mass is 546 g/mol. The van der Waals surface area contributed by atoms with Gasteiger partial charge in [-0.1, -0.05) is 55.8 Å². The van der Waals surface area contributed by atoms with Crippen molar-refractivity contribution in [3.8, 4) is 0 Å². The molecule has 4 nitrogen and oxygen atoms in total. The Morgan fingerprint density at radius 2 is 1.81 bits per heavy atom. The molecule has 0 aromatic heterocycles. The molecule has 0 spiro atoms. The fourth-order valence-corrected chi connectivity index (χ4v) is 4.59. The number of thioether (sulfide) groups is 1. The Hall–Kier alpha value is -2.55. The summed E-state index contributed by atoms with van der Waals surface area (Å²) in [5.74, 6) is 0.221. The molecule has 0 aliphatic carbocycles. The van der Waals surface area contributed by atoms with E-state index in [-0.39, 0.29) is 11.7 Å². The molecule has 4 rings (SSSR count). The average molecular weight is 547 g/mol. The molecule has 190 valence electrons. The number of hydrogen-bond donors (Lipinski definition) is 1. The SMILES string of the molecule is CC.CSCCN=C(NSc1ccc(Cl)cc1)C1=NN(c2ccc(F)cc2F)C(c2ccccc2)C1. The molecule has 3 aromatic rings. The molecule has 1 unspecified atom stereocenters. The number of amidine groups is 1. The third kappa shape index (κ3) is 7.48. The number of aliphatic imine (C=N–C) groups is 1. The topological polar surface area (TPSA) is 40.0 Å². The molecule has 1 aliphatic rings. The third-order valence-electron chi connectivity index (χ3n) is 5.17. The second kappa shape index (κ2) is 14.3. The predicted molar refractivity (Wildman–Crippen MR) is 153 cm³/mol. The summed E-state index contributed by atoms with van der Waals surface area (Å²) in [5.41, 5.74) is 1.91. The molecule has 3 aromatic carbocycles. The lowest BCUT2D eigenvalue weighted by Crippen LogP contribution is -2.26. The van der Waals surface area contributed by atoms with E-state index in [9.17, 15) is 8.78 Å². The fraction of sp³-hybridized carbons (Fsp3) is 0.259. The molecule has 0 fully saturated rings. The second-order valence-electron chi connectivity index (χ2n) is 7.50. The molecule has 1 atom stereocenters. The first-order chi connectivity index (χ1) is 17.5. The highest BCUT2D eigenvalue weighted by Crippen LogP contribution is 2.37. The molecule has 0 saturated heterocycles. The molecular formula is C27H29ClF2N4S2. The summed E-state index contributed by atoms with van der Waals surface area (Å²) in [5, 5.41) is 7.06. The van der Waals surface area contributed by atoms with Crippen LogP contribution in [0.3, 0.4) is 0 Å². The molecule has 1 heterocycles. The van der Waals surface area contributed by atoms with Crippen molar-refractivity contribution >= 4 is 52.5 Å². The Labute approximate surface area is 225 Å². The maximum Gasteiger partial charge on any atom is 0.155 e. The van der Waals surface area contributed by atoms with E-state index in [2.05, 4.69) is 4.72 Å². The van der Waals surface area contributed by atoms with Crippen LogP contribution in [0.5, 0.6) is 0 Å². The van der Waals surface area contributed by atoms with Gasteiger partial charge in [0.15, 0.2) is 11.7 Å². The minimum Gasteiger partial charge on any atom is -0.309 e. The molecule has 0 radical (unpaired) electrons. The van der Waals surface area contributed by atoms with Crippen molar-refractivity contribution in [1.29, 1.82) is 0 Å². The highest BCUT2D eigenvalue weighted by Gasteiger charge is 2.33. The van der Waals surface area contributed by atoms with Gasteiger partial charge < -0.3 is 4.72 Å². The lowest BCUT2D eigenvalue weighted by Gasteiger charge is -2.24. The number of nitrogens with one attached hydrogen (secondary N) is 1. The number of rotatable bonds is 8. The van der Waals surface area contributed by atoms with Gasteiger partial charge in [-0.25, -0.2) is 8.78 Å². The summed E-state index contributed by atoms with van der Waals surface area (Å²) in [6.07, 6.45) is 2.55. The van der Waals surface area contributed by atoms with Crippen LogP contribution in [0.4, 0.5) is 14.5 Å². The minimum absolute atomic E-state index is 0.221. The molecule has 0 saturated carbocycles. The van der Waals surface area contributed by atoms with Gasteiger partial charge in [-0.05, 0) is 60.2 Å². The van der Waals surface area contributed by atoms with E-state index >= 15 is 0 Å². The van der Waals surface area contributed by atoms with Crippen molar-refractivity contribution in [1.82, 2.24) is 4.72 Å². The largest absolute Gasteiger partial charge is 0.309 e. The normalized spacial score (nSPS) is 15.3. The maximum absolute atomic E-state index is 14.8. The first-order valence-corrected chi connectivity index (χ1v) is 14.2. The Balaban J connectivity index is 0.00000176. The summed E-state index contributed by atoms with van der Waals surface area (Å²) < 4.78 is 31.7. The minimum atomic E-state index is -0.657. The number of benzene rings is 3. The maximum atomic E-state index is 14.8. The van der Waals surface area contributed by atoms with E-state index in [1.165, 1.54) is 24.1 Å². The van der Waals surface area contributed by atoms with Crippen LogP contribution in [-0.2, 0) is 0 Å². The second-order valence-corrected chi connectivity index (χ2v) is 9.80. The number of nitrogens with zero attached hydrogens (tertiary/aromatic N) is 3. The summed E-state index contributed by atoms with van der Waals surface area (Å²) in [4.78, 5) is 5.72. The van der Waals surface area contributed by atoms with E-state index in [0.717, 1.165) is 22.3 Å². The van der Waals surface area contributed by atoms with Crippen molar-refractivity contribution in [2.75, 3.05) is 23.6 Å². The van der Waals surface area contributed by atoms with E-state index in [4.69, 9.17) is 21.7 Å². The van der Waals surface area contributed by atoms with E-state index in [1.807, 2.05) is 74.7 Å². The van der Waals surface area contributed by atoms with Gasteiger partial charge in [0.05, 0.1) is 18.3 Å². The van der Waals surface area contributed by atoms with Gasteiger partial charge in [-0.3, -0.25) is 10.0 Å². The van der Waals surface area contributed by atoms with Gasteiger partial charge in [-0.2, -0.15) is 16.9 Å². The van der Waals surface area contributed by atoms with Crippen LogP contribution in [0.15, 0.2) is 87.8 Å². The van der Waals surface area contributed by atoms with Crippen molar-refractivity contribution in [3.05, 3.63) is 95.0 Å². The quantitative estimate of drug-likeness (QED) is 0.134. The van der Waals surface area contributed by atoms with Crippen LogP contribution >= 0.6 is 35.3 Å². The average Bonchev–Trinajstić information content (AvgIpc) is 3.34. The molecule has 36 heavy (non-hydrogen) atoms. The van der Waals surface area contributed by atoms with Crippen molar-refractivity contribution in [2.45, 2.75) is 31.2 Å². The smallest absolute Gasteiger partial charge is 0.155 e. The van der Waals surface area contributed by atoms with Crippen LogP contribution in [-0.4, -0.2) is 30.1 Å². The number of halogens is 3. The van der Waals surface area contributed by atoms with E-state index < -0.39 is 11.6 Å². The van der Waals surface area contributed by atoms with Crippen molar-refractivity contribution in [3.63, 3.8) is 0 Å². The van der Waals surface area contributed by atoms with E-state index in [1.54, 1.807) is 16.8 Å². The molecule has 0 bridgehead atoms. The predicted octanol–water partition coefficient (Wildman–Crippen LogP) is 8.01. The first kappa shape index (κ1) is 28.0. The van der Waals surface area contributed by atoms with Crippen LogP contribution in [0.1, 0.15) is 31.9 Å². The van der Waals surface area contributed by atoms with Gasteiger partial charge in [0.1, 0.15) is 11.5 Å². The number of hydrazone groups is 1. The molecule has 1 N–H and O–H groups in total. The molecule has 1 aliphatic heterocycles. The summed E-state index contributed by atoms with van der Waals surface area (Å²) in [6.45, 7) is 4.62. The standard InChI is InChI=1S/C25H23ClF2N4S2.C2H6/c1-33-14-13-29-25(31-34-20-10-7-18(26)8-11-20)22-16-24(17-5-3-2-4-6-17)32(30-22)23-12-9-19(27)15-21(23)28;1-2/h2-12,15,24H,13-14,16H2,1H3,(H,29,31);1-2H3. The molecular weight excluding hydrogens is 518 g/mol.